The fraction of sp³-hybridized carbons (Fsp3) is 0.0500. The van der Waals surface area contributed by atoms with Gasteiger partial charge in [-0.05, 0) is 67.1 Å². The van der Waals surface area contributed by atoms with Crippen LogP contribution >= 0.6 is 0 Å². The lowest BCUT2D eigenvalue weighted by Gasteiger charge is -2.07. The average Bonchev–Trinajstić information content (AvgIpc) is 3.08. The van der Waals surface area contributed by atoms with Crippen LogP contribution in [0.1, 0.15) is 11.3 Å². The van der Waals surface area contributed by atoms with Gasteiger partial charge in [0.15, 0.2) is 0 Å². The van der Waals surface area contributed by atoms with Gasteiger partial charge >= 0.3 is 0 Å². The molecule has 4 heteroatoms. The molecule has 3 rings (SSSR count). The van der Waals surface area contributed by atoms with Crippen molar-refractivity contribution in [3.05, 3.63) is 84.3 Å². The molecular formula is C20H17NO3. The largest absolute Gasteiger partial charge is 0.465 e. The molecule has 0 unspecified atom stereocenters. The zero-order valence-electron chi connectivity index (χ0n) is 13.2. The molecule has 1 heterocycles. The van der Waals surface area contributed by atoms with E-state index in [9.17, 15) is 4.79 Å². The van der Waals surface area contributed by atoms with Gasteiger partial charge in [-0.2, -0.15) is 0 Å². The lowest BCUT2D eigenvalue weighted by molar-refractivity contribution is -0.111. The normalized spacial score (nSPS) is 10.7. The summed E-state index contributed by atoms with van der Waals surface area (Å²) in [5.41, 5.74) is 1.83. The monoisotopic (exact) mass is 319 g/mol. The van der Waals surface area contributed by atoms with Gasteiger partial charge in [0.05, 0.1) is 6.26 Å². The molecule has 24 heavy (non-hydrogen) atoms. The minimum atomic E-state index is -0.223. The first-order valence-corrected chi connectivity index (χ1v) is 7.56. The van der Waals surface area contributed by atoms with Crippen LogP contribution in [0.3, 0.4) is 0 Å². The zero-order valence-corrected chi connectivity index (χ0v) is 13.2. The third kappa shape index (κ3) is 4.36. The Labute approximate surface area is 140 Å². The van der Waals surface area contributed by atoms with E-state index in [2.05, 4.69) is 5.32 Å². The number of rotatable bonds is 5. The molecule has 4 nitrogen and oxygen atoms in total. The molecule has 1 N–H and O–H groups in total. The molecule has 0 aliphatic carbocycles. The Balaban J connectivity index is 1.59. The quantitative estimate of drug-likeness (QED) is 0.671. The summed E-state index contributed by atoms with van der Waals surface area (Å²) >= 11 is 0. The van der Waals surface area contributed by atoms with E-state index in [0.29, 0.717) is 17.2 Å². The average molecular weight is 319 g/mol. The highest BCUT2D eigenvalue weighted by Gasteiger charge is 2.01. The number of ether oxygens (including phenoxy) is 1. The van der Waals surface area contributed by atoms with Gasteiger partial charge in [0.1, 0.15) is 17.3 Å². The highest BCUT2D eigenvalue weighted by molar-refractivity contribution is 6.01. The number of amides is 1. The molecule has 120 valence electrons. The molecule has 0 fully saturated rings. The molecule has 0 saturated carbocycles. The maximum absolute atomic E-state index is 11.9. The number of hydrogen-bond acceptors (Lipinski definition) is 3. The van der Waals surface area contributed by atoms with E-state index >= 15 is 0 Å². The molecule has 0 aliphatic rings. The SMILES string of the molecule is Cc1cccc(Oc2ccc(NC(=O)/C=C/c3ccco3)cc2)c1. The first-order chi connectivity index (χ1) is 11.7. The van der Waals surface area contributed by atoms with Crippen LogP contribution in [-0.2, 0) is 4.79 Å². The second-order valence-electron chi connectivity index (χ2n) is 5.28. The molecular weight excluding hydrogens is 302 g/mol. The van der Waals surface area contributed by atoms with Crippen LogP contribution in [0.15, 0.2) is 77.4 Å². The third-order valence-electron chi connectivity index (χ3n) is 3.29. The smallest absolute Gasteiger partial charge is 0.248 e. The van der Waals surface area contributed by atoms with Crippen LogP contribution in [0, 0.1) is 6.92 Å². The second-order valence-corrected chi connectivity index (χ2v) is 5.28. The maximum Gasteiger partial charge on any atom is 0.248 e. The minimum Gasteiger partial charge on any atom is -0.465 e. The Morgan fingerprint density at radius 2 is 1.88 bits per heavy atom. The molecule has 1 aromatic heterocycles. The van der Waals surface area contributed by atoms with E-state index < -0.39 is 0 Å². The molecule has 1 amide bonds. The number of furan rings is 1. The van der Waals surface area contributed by atoms with Crippen molar-refractivity contribution in [1.82, 2.24) is 0 Å². The van der Waals surface area contributed by atoms with Gasteiger partial charge in [-0.3, -0.25) is 4.79 Å². The molecule has 0 atom stereocenters. The van der Waals surface area contributed by atoms with Crippen LogP contribution in [0.4, 0.5) is 5.69 Å². The zero-order chi connectivity index (χ0) is 16.8. The van der Waals surface area contributed by atoms with Crippen LogP contribution in [-0.4, -0.2) is 5.91 Å². The first-order valence-electron chi connectivity index (χ1n) is 7.56. The van der Waals surface area contributed by atoms with Crippen LogP contribution in [0.25, 0.3) is 6.08 Å². The van der Waals surface area contributed by atoms with Gasteiger partial charge in [-0.1, -0.05) is 12.1 Å². The Morgan fingerprint density at radius 1 is 1.04 bits per heavy atom. The molecule has 3 aromatic rings. The fourth-order valence-electron chi connectivity index (χ4n) is 2.15. The van der Waals surface area contributed by atoms with Crippen molar-refractivity contribution in [3.8, 4) is 11.5 Å². The lowest BCUT2D eigenvalue weighted by atomic mass is 10.2. The highest BCUT2D eigenvalue weighted by Crippen LogP contribution is 2.23. The Kier molecular flexibility index (Phi) is 4.77. The summed E-state index contributed by atoms with van der Waals surface area (Å²) in [5.74, 6) is 1.91. The van der Waals surface area contributed by atoms with Gasteiger partial charge < -0.3 is 14.5 Å². The predicted molar refractivity (Wildman–Crippen MR) is 94.1 cm³/mol. The molecule has 0 spiro atoms. The summed E-state index contributed by atoms with van der Waals surface area (Å²) < 4.78 is 10.9. The van der Waals surface area contributed by atoms with E-state index in [-0.39, 0.29) is 5.91 Å². The Hall–Kier alpha value is -3.27. The summed E-state index contributed by atoms with van der Waals surface area (Å²) in [6.45, 7) is 2.02. The Morgan fingerprint density at radius 3 is 2.58 bits per heavy atom. The summed E-state index contributed by atoms with van der Waals surface area (Å²) in [4.78, 5) is 11.9. The number of hydrogen-bond donors (Lipinski definition) is 1. The van der Waals surface area contributed by atoms with Crippen LogP contribution in [0.5, 0.6) is 11.5 Å². The summed E-state index contributed by atoms with van der Waals surface area (Å²) in [7, 11) is 0. The Bertz CT molecular complexity index is 834. The fourth-order valence-corrected chi connectivity index (χ4v) is 2.15. The van der Waals surface area contributed by atoms with Crippen molar-refractivity contribution >= 4 is 17.7 Å². The number of anilines is 1. The van der Waals surface area contributed by atoms with Gasteiger partial charge in [-0.25, -0.2) is 0 Å². The van der Waals surface area contributed by atoms with Crippen molar-refractivity contribution in [2.75, 3.05) is 5.32 Å². The van der Waals surface area contributed by atoms with Gasteiger partial charge in [0.2, 0.25) is 5.91 Å². The topological polar surface area (TPSA) is 51.5 Å². The first kappa shape index (κ1) is 15.6. The van der Waals surface area contributed by atoms with Crippen LogP contribution < -0.4 is 10.1 Å². The number of carbonyl (C=O) groups excluding carboxylic acids is 1. The minimum absolute atomic E-state index is 0.223. The lowest BCUT2D eigenvalue weighted by Crippen LogP contribution is -2.07. The molecule has 0 bridgehead atoms. The third-order valence-corrected chi connectivity index (χ3v) is 3.29. The number of carbonyl (C=O) groups is 1. The molecule has 0 aliphatic heterocycles. The summed E-state index contributed by atoms with van der Waals surface area (Å²) in [6.07, 6.45) is 4.60. The van der Waals surface area contributed by atoms with Crippen LogP contribution in [0.2, 0.25) is 0 Å². The predicted octanol–water partition coefficient (Wildman–Crippen LogP) is 5.03. The van der Waals surface area contributed by atoms with E-state index in [1.807, 2.05) is 43.3 Å². The standard InChI is InChI=1S/C20H17NO3/c1-15-4-2-5-19(14-15)24-18-9-7-16(8-10-18)21-20(22)12-11-17-6-3-13-23-17/h2-14H,1H3,(H,21,22)/b12-11+. The van der Waals surface area contributed by atoms with Gasteiger partial charge in [0, 0.05) is 11.8 Å². The highest BCUT2D eigenvalue weighted by atomic mass is 16.5. The molecule has 2 aromatic carbocycles. The summed E-state index contributed by atoms with van der Waals surface area (Å²) in [6, 6.07) is 18.6. The number of nitrogens with one attached hydrogen (secondary N) is 1. The van der Waals surface area contributed by atoms with E-state index in [1.165, 1.54) is 6.08 Å². The van der Waals surface area contributed by atoms with Crippen molar-refractivity contribution in [2.45, 2.75) is 6.92 Å². The number of aryl methyl sites for hydroxylation is 1. The maximum atomic E-state index is 11.9. The van der Waals surface area contributed by atoms with Crippen molar-refractivity contribution in [1.29, 1.82) is 0 Å². The van der Waals surface area contributed by atoms with Crippen molar-refractivity contribution in [3.63, 3.8) is 0 Å². The number of benzene rings is 2. The van der Waals surface area contributed by atoms with E-state index in [4.69, 9.17) is 9.15 Å². The van der Waals surface area contributed by atoms with Gasteiger partial charge in [0.25, 0.3) is 0 Å². The van der Waals surface area contributed by atoms with Crippen molar-refractivity contribution in [2.24, 2.45) is 0 Å². The second kappa shape index (κ2) is 7.33. The summed E-state index contributed by atoms with van der Waals surface area (Å²) in [5, 5.41) is 2.78. The van der Waals surface area contributed by atoms with Gasteiger partial charge in [-0.15, -0.1) is 0 Å². The van der Waals surface area contributed by atoms with Crippen molar-refractivity contribution < 1.29 is 13.9 Å². The van der Waals surface area contributed by atoms with E-state index in [0.717, 1.165) is 11.3 Å². The molecule has 0 radical (unpaired) electrons. The molecule has 0 saturated heterocycles. The van der Waals surface area contributed by atoms with E-state index in [1.54, 1.807) is 36.6 Å².